The molecule has 1 aliphatic heterocycles. The van der Waals surface area contributed by atoms with Gasteiger partial charge < -0.3 is 19.8 Å². The summed E-state index contributed by atoms with van der Waals surface area (Å²) in [5.41, 5.74) is 9.22. The van der Waals surface area contributed by atoms with E-state index in [1.807, 2.05) is 53.4 Å². The van der Waals surface area contributed by atoms with E-state index in [2.05, 4.69) is 0 Å². The topological polar surface area (TPSA) is 68.7 Å². The van der Waals surface area contributed by atoms with Crippen LogP contribution in [0.1, 0.15) is 16.1 Å². The van der Waals surface area contributed by atoms with Crippen molar-refractivity contribution in [3.8, 4) is 11.1 Å². The summed E-state index contributed by atoms with van der Waals surface area (Å²) in [4.78, 5) is 14.4. The van der Waals surface area contributed by atoms with Crippen molar-refractivity contribution in [2.24, 2.45) is 5.73 Å². The number of hydrogen-bond acceptors (Lipinski definition) is 4. The highest BCUT2D eigenvalue weighted by atomic mass is 16.5. The number of para-hydroxylation sites is 1. The molecule has 1 aliphatic rings. The first-order chi connectivity index (χ1) is 12.3. The summed E-state index contributed by atoms with van der Waals surface area (Å²) in [6.45, 7) is 2.88. The van der Waals surface area contributed by atoms with E-state index in [9.17, 15) is 4.79 Å². The molecule has 4 rings (SSSR count). The van der Waals surface area contributed by atoms with Gasteiger partial charge in [0.2, 0.25) is 0 Å². The smallest absolute Gasteiger partial charge is 0.254 e. The van der Waals surface area contributed by atoms with Gasteiger partial charge in [-0.2, -0.15) is 0 Å². The monoisotopic (exact) mass is 336 g/mol. The second-order valence-electron chi connectivity index (χ2n) is 6.12. The van der Waals surface area contributed by atoms with Gasteiger partial charge in [0, 0.05) is 29.6 Å². The van der Waals surface area contributed by atoms with Crippen LogP contribution in [0.15, 0.2) is 52.9 Å². The van der Waals surface area contributed by atoms with Crippen LogP contribution in [0.4, 0.5) is 0 Å². The van der Waals surface area contributed by atoms with Crippen LogP contribution in [0.3, 0.4) is 0 Å². The predicted octanol–water partition coefficient (Wildman–Crippen LogP) is 3.03. The summed E-state index contributed by atoms with van der Waals surface area (Å²) in [5.74, 6) is 0.818. The maximum Gasteiger partial charge on any atom is 0.254 e. The van der Waals surface area contributed by atoms with E-state index in [0.29, 0.717) is 38.4 Å². The van der Waals surface area contributed by atoms with E-state index in [4.69, 9.17) is 14.9 Å². The van der Waals surface area contributed by atoms with Crippen LogP contribution < -0.4 is 5.73 Å². The van der Waals surface area contributed by atoms with Crippen molar-refractivity contribution >= 4 is 16.9 Å². The number of amides is 1. The Balaban J connectivity index is 1.64. The highest BCUT2D eigenvalue weighted by Crippen LogP contribution is 2.31. The molecule has 0 bridgehead atoms. The largest absolute Gasteiger partial charge is 0.459 e. The SMILES string of the molecule is NCc1cc2cccc(-c3ccc(C(=O)N4CCOCC4)cc3)c2o1. The third-order valence-electron chi connectivity index (χ3n) is 4.54. The lowest BCUT2D eigenvalue weighted by Gasteiger charge is -2.26. The summed E-state index contributed by atoms with van der Waals surface area (Å²) in [6.07, 6.45) is 0. The molecular weight excluding hydrogens is 316 g/mol. The molecule has 1 amide bonds. The van der Waals surface area contributed by atoms with Gasteiger partial charge in [0.1, 0.15) is 11.3 Å². The Morgan fingerprint density at radius 1 is 1.08 bits per heavy atom. The van der Waals surface area contributed by atoms with Crippen LogP contribution >= 0.6 is 0 Å². The van der Waals surface area contributed by atoms with Gasteiger partial charge in [0.25, 0.3) is 5.91 Å². The number of carbonyl (C=O) groups excluding carboxylic acids is 1. The zero-order valence-electron chi connectivity index (χ0n) is 13.9. The number of nitrogens with two attached hydrogens (primary N) is 1. The van der Waals surface area contributed by atoms with E-state index >= 15 is 0 Å². The molecular formula is C20H20N2O3. The molecule has 1 saturated heterocycles. The zero-order chi connectivity index (χ0) is 17.2. The Kier molecular flexibility index (Phi) is 4.26. The Hall–Kier alpha value is -2.63. The van der Waals surface area contributed by atoms with E-state index < -0.39 is 0 Å². The third-order valence-corrected chi connectivity index (χ3v) is 4.54. The molecule has 0 unspecified atom stereocenters. The van der Waals surface area contributed by atoms with E-state index in [1.54, 1.807) is 0 Å². The van der Waals surface area contributed by atoms with E-state index in [-0.39, 0.29) is 5.91 Å². The van der Waals surface area contributed by atoms with Crippen LogP contribution in [-0.4, -0.2) is 37.1 Å². The van der Waals surface area contributed by atoms with Crippen molar-refractivity contribution in [3.05, 3.63) is 59.9 Å². The molecule has 2 aromatic carbocycles. The number of morpholine rings is 1. The van der Waals surface area contributed by atoms with Crippen molar-refractivity contribution in [1.29, 1.82) is 0 Å². The first kappa shape index (κ1) is 15.9. The zero-order valence-corrected chi connectivity index (χ0v) is 13.9. The van der Waals surface area contributed by atoms with Gasteiger partial charge in [-0.05, 0) is 23.8 Å². The molecule has 0 spiro atoms. The molecule has 0 atom stereocenters. The molecule has 1 aromatic heterocycles. The lowest BCUT2D eigenvalue weighted by Crippen LogP contribution is -2.40. The Labute approximate surface area is 146 Å². The van der Waals surface area contributed by atoms with Crippen molar-refractivity contribution < 1.29 is 13.9 Å². The maximum absolute atomic E-state index is 12.5. The van der Waals surface area contributed by atoms with Gasteiger partial charge in [-0.15, -0.1) is 0 Å². The van der Waals surface area contributed by atoms with Gasteiger partial charge in [0.15, 0.2) is 0 Å². The van der Waals surface area contributed by atoms with Crippen molar-refractivity contribution in [1.82, 2.24) is 4.90 Å². The summed E-state index contributed by atoms with van der Waals surface area (Å²) in [7, 11) is 0. The molecule has 2 N–H and O–H groups in total. The lowest BCUT2D eigenvalue weighted by molar-refractivity contribution is 0.0303. The summed E-state index contributed by atoms with van der Waals surface area (Å²) in [6, 6.07) is 15.7. The number of fused-ring (bicyclic) bond motifs is 1. The standard InChI is InChI=1S/C20H20N2O3/c21-13-17-12-16-2-1-3-18(19(16)25-17)14-4-6-15(7-5-14)20(23)22-8-10-24-11-9-22/h1-7,12H,8-11,13,21H2. The number of ether oxygens (including phenoxy) is 1. The minimum Gasteiger partial charge on any atom is -0.459 e. The molecule has 25 heavy (non-hydrogen) atoms. The molecule has 3 aromatic rings. The summed E-state index contributed by atoms with van der Waals surface area (Å²) >= 11 is 0. The Bertz CT molecular complexity index is 893. The highest BCUT2D eigenvalue weighted by molar-refractivity contribution is 5.96. The maximum atomic E-state index is 12.5. The highest BCUT2D eigenvalue weighted by Gasteiger charge is 2.18. The van der Waals surface area contributed by atoms with Crippen LogP contribution in [0.2, 0.25) is 0 Å². The first-order valence-electron chi connectivity index (χ1n) is 8.45. The minimum absolute atomic E-state index is 0.0523. The number of furan rings is 1. The second-order valence-corrected chi connectivity index (χ2v) is 6.12. The normalized spacial score (nSPS) is 14.8. The summed E-state index contributed by atoms with van der Waals surface area (Å²) < 4.78 is 11.2. The number of rotatable bonds is 3. The fourth-order valence-corrected chi connectivity index (χ4v) is 3.19. The average Bonchev–Trinajstić information content (AvgIpc) is 3.12. The fourth-order valence-electron chi connectivity index (χ4n) is 3.19. The average molecular weight is 336 g/mol. The quantitative estimate of drug-likeness (QED) is 0.798. The number of hydrogen-bond donors (Lipinski definition) is 1. The van der Waals surface area contributed by atoms with Crippen LogP contribution in [0.5, 0.6) is 0 Å². The molecule has 5 heteroatoms. The number of carbonyl (C=O) groups is 1. The molecule has 128 valence electrons. The van der Waals surface area contributed by atoms with E-state index in [0.717, 1.165) is 27.9 Å². The van der Waals surface area contributed by atoms with Gasteiger partial charge in [-0.1, -0.05) is 30.3 Å². The summed E-state index contributed by atoms with van der Waals surface area (Å²) in [5, 5.41) is 1.03. The third kappa shape index (κ3) is 3.04. The minimum atomic E-state index is 0.0523. The molecule has 2 heterocycles. The van der Waals surface area contributed by atoms with E-state index in [1.165, 1.54) is 0 Å². The van der Waals surface area contributed by atoms with Gasteiger partial charge in [-0.3, -0.25) is 4.79 Å². The van der Waals surface area contributed by atoms with Gasteiger partial charge >= 0.3 is 0 Å². The van der Waals surface area contributed by atoms with Crippen LogP contribution in [0.25, 0.3) is 22.1 Å². The first-order valence-corrected chi connectivity index (χ1v) is 8.45. The van der Waals surface area contributed by atoms with Crippen LogP contribution in [-0.2, 0) is 11.3 Å². The van der Waals surface area contributed by atoms with Crippen molar-refractivity contribution in [2.75, 3.05) is 26.3 Å². The number of benzene rings is 2. The van der Waals surface area contributed by atoms with Gasteiger partial charge in [-0.25, -0.2) is 0 Å². The Morgan fingerprint density at radius 3 is 2.56 bits per heavy atom. The molecule has 0 saturated carbocycles. The Morgan fingerprint density at radius 2 is 1.84 bits per heavy atom. The molecule has 1 fully saturated rings. The molecule has 0 radical (unpaired) electrons. The lowest BCUT2D eigenvalue weighted by atomic mass is 10.0. The van der Waals surface area contributed by atoms with Crippen molar-refractivity contribution in [2.45, 2.75) is 6.54 Å². The fraction of sp³-hybridized carbons (Fsp3) is 0.250. The number of nitrogens with zero attached hydrogens (tertiary/aromatic N) is 1. The molecule has 5 nitrogen and oxygen atoms in total. The van der Waals surface area contributed by atoms with Crippen molar-refractivity contribution in [3.63, 3.8) is 0 Å². The van der Waals surface area contributed by atoms with Crippen LogP contribution in [0, 0.1) is 0 Å². The molecule has 0 aliphatic carbocycles. The second kappa shape index (κ2) is 6.70. The van der Waals surface area contributed by atoms with Gasteiger partial charge in [0.05, 0.1) is 19.8 Å². The predicted molar refractivity (Wildman–Crippen MR) is 96.3 cm³/mol.